The predicted octanol–water partition coefficient (Wildman–Crippen LogP) is 1.22. The summed E-state index contributed by atoms with van der Waals surface area (Å²) in [4.78, 5) is 15.3. The van der Waals surface area contributed by atoms with Gasteiger partial charge in [-0.15, -0.1) is 0 Å². The summed E-state index contributed by atoms with van der Waals surface area (Å²) in [7, 11) is 1.54. The Balaban J connectivity index is 2.60. The Labute approximate surface area is 70.4 Å². The Morgan fingerprint density at radius 2 is 2.33 bits per heavy atom. The van der Waals surface area contributed by atoms with Gasteiger partial charge >= 0.3 is 0 Å². The van der Waals surface area contributed by atoms with Gasteiger partial charge < -0.3 is 4.74 Å². The maximum absolute atomic E-state index is 11.3. The van der Waals surface area contributed by atoms with Crippen LogP contribution in [0.1, 0.15) is 22.3 Å². The molecule has 1 aliphatic carbocycles. The van der Waals surface area contributed by atoms with E-state index >= 15 is 0 Å². The summed E-state index contributed by atoms with van der Waals surface area (Å²) < 4.78 is 5.00. The molecule has 0 fully saturated rings. The van der Waals surface area contributed by atoms with Crippen LogP contribution in [0.3, 0.4) is 0 Å². The number of Topliss-reactive ketones (excluding diaryl/α,β-unsaturated/α-hetero) is 1. The zero-order valence-corrected chi connectivity index (χ0v) is 6.83. The Kier molecular flexibility index (Phi) is 1.57. The number of pyridine rings is 1. The molecule has 12 heavy (non-hydrogen) atoms. The molecule has 0 N–H and O–H groups in total. The largest absolute Gasteiger partial charge is 0.480 e. The SMILES string of the molecule is COc1nccc2c1C(=O)CC2. The molecule has 0 aromatic carbocycles. The fraction of sp³-hybridized carbons (Fsp3) is 0.333. The van der Waals surface area contributed by atoms with E-state index in [9.17, 15) is 4.79 Å². The smallest absolute Gasteiger partial charge is 0.224 e. The monoisotopic (exact) mass is 163 g/mol. The molecule has 2 rings (SSSR count). The third kappa shape index (κ3) is 0.897. The molecule has 0 amide bonds. The van der Waals surface area contributed by atoms with Crippen molar-refractivity contribution in [1.82, 2.24) is 4.98 Å². The van der Waals surface area contributed by atoms with Crippen LogP contribution in [0.4, 0.5) is 0 Å². The molecule has 3 nitrogen and oxygen atoms in total. The van der Waals surface area contributed by atoms with Crippen molar-refractivity contribution in [3.63, 3.8) is 0 Å². The van der Waals surface area contributed by atoms with Crippen molar-refractivity contribution < 1.29 is 9.53 Å². The standard InChI is InChI=1S/C9H9NO2/c1-12-9-8-6(4-5-10-9)2-3-7(8)11/h4-5H,2-3H2,1H3. The predicted molar refractivity (Wildman–Crippen MR) is 43.4 cm³/mol. The van der Waals surface area contributed by atoms with Crippen molar-refractivity contribution in [2.75, 3.05) is 7.11 Å². The molecule has 0 aliphatic heterocycles. The number of fused-ring (bicyclic) bond motifs is 1. The third-order valence-corrected chi connectivity index (χ3v) is 2.10. The quantitative estimate of drug-likeness (QED) is 0.624. The van der Waals surface area contributed by atoms with E-state index in [2.05, 4.69) is 4.98 Å². The van der Waals surface area contributed by atoms with Gasteiger partial charge in [-0.1, -0.05) is 0 Å². The summed E-state index contributed by atoms with van der Waals surface area (Å²) in [5.74, 6) is 0.616. The molecule has 1 aromatic rings. The Morgan fingerprint density at radius 3 is 3.08 bits per heavy atom. The van der Waals surface area contributed by atoms with Gasteiger partial charge in [0.2, 0.25) is 5.88 Å². The van der Waals surface area contributed by atoms with Crippen molar-refractivity contribution >= 4 is 5.78 Å². The third-order valence-electron chi connectivity index (χ3n) is 2.10. The van der Waals surface area contributed by atoms with E-state index in [4.69, 9.17) is 4.74 Å². The maximum Gasteiger partial charge on any atom is 0.224 e. The second-order valence-electron chi connectivity index (χ2n) is 2.78. The number of rotatable bonds is 1. The highest BCUT2D eigenvalue weighted by atomic mass is 16.5. The van der Waals surface area contributed by atoms with Crippen LogP contribution in [0.25, 0.3) is 0 Å². The van der Waals surface area contributed by atoms with Crippen LogP contribution < -0.4 is 4.74 Å². The van der Waals surface area contributed by atoms with Gasteiger partial charge in [-0.25, -0.2) is 4.98 Å². The first-order chi connectivity index (χ1) is 5.83. The zero-order chi connectivity index (χ0) is 8.55. The van der Waals surface area contributed by atoms with Gasteiger partial charge in [-0.05, 0) is 18.1 Å². The fourth-order valence-corrected chi connectivity index (χ4v) is 1.51. The molecule has 62 valence electrons. The highest BCUT2D eigenvalue weighted by Gasteiger charge is 2.23. The molecular weight excluding hydrogens is 154 g/mol. The number of ether oxygens (including phenoxy) is 1. The van der Waals surface area contributed by atoms with Gasteiger partial charge in [-0.2, -0.15) is 0 Å². The van der Waals surface area contributed by atoms with Crippen molar-refractivity contribution in [2.45, 2.75) is 12.8 Å². The lowest BCUT2D eigenvalue weighted by molar-refractivity contribution is 0.0991. The van der Waals surface area contributed by atoms with E-state index in [1.165, 1.54) is 7.11 Å². The number of nitrogens with zero attached hydrogens (tertiary/aromatic N) is 1. The van der Waals surface area contributed by atoms with Gasteiger partial charge in [-0.3, -0.25) is 4.79 Å². The summed E-state index contributed by atoms with van der Waals surface area (Å²) >= 11 is 0. The van der Waals surface area contributed by atoms with Crippen molar-refractivity contribution in [1.29, 1.82) is 0 Å². The number of carbonyl (C=O) groups excluding carboxylic acids is 1. The normalized spacial score (nSPS) is 14.6. The van der Waals surface area contributed by atoms with E-state index < -0.39 is 0 Å². The first-order valence-corrected chi connectivity index (χ1v) is 3.88. The summed E-state index contributed by atoms with van der Waals surface area (Å²) in [5.41, 5.74) is 1.74. The van der Waals surface area contributed by atoms with Crippen LogP contribution in [0.2, 0.25) is 0 Å². The highest BCUT2D eigenvalue weighted by Crippen LogP contribution is 2.27. The van der Waals surface area contributed by atoms with Crippen LogP contribution in [0.5, 0.6) is 5.88 Å². The van der Waals surface area contributed by atoms with E-state index in [1.807, 2.05) is 6.07 Å². The van der Waals surface area contributed by atoms with Crippen LogP contribution in [0, 0.1) is 0 Å². The second-order valence-corrected chi connectivity index (χ2v) is 2.78. The van der Waals surface area contributed by atoms with Crippen LogP contribution in [0.15, 0.2) is 12.3 Å². The minimum absolute atomic E-state index is 0.148. The second kappa shape index (κ2) is 2.59. The molecule has 3 heteroatoms. The zero-order valence-electron chi connectivity index (χ0n) is 6.83. The molecule has 0 bridgehead atoms. The first kappa shape index (κ1) is 7.28. The van der Waals surface area contributed by atoms with Crippen molar-refractivity contribution in [3.8, 4) is 5.88 Å². The van der Waals surface area contributed by atoms with Gasteiger partial charge in [0.15, 0.2) is 5.78 Å². The van der Waals surface area contributed by atoms with Crippen molar-refractivity contribution in [3.05, 3.63) is 23.4 Å². The molecule has 0 unspecified atom stereocenters. The average molecular weight is 163 g/mol. The summed E-state index contributed by atoms with van der Waals surface area (Å²) in [6.45, 7) is 0. The first-order valence-electron chi connectivity index (χ1n) is 3.88. The molecule has 0 radical (unpaired) electrons. The number of carbonyl (C=O) groups is 1. The summed E-state index contributed by atoms with van der Waals surface area (Å²) in [6.07, 6.45) is 3.10. The van der Waals surface area contributed by atoms with E-state index in [0.29, 0.717) is 17.9 Å². The minimum atomic E-state index is 0.148. The Morgan fingerprint density at radius 1 is 1.50 bits per heavy atom. The number of ketones is 1. The average Bonchev–Trinajstić information content (AvgIpc) is 2.48. The van der Waals surface area contributed by atoms with E-state index in [1.54, 1.807) is 6.20 Å². The fourth-order valence-electron chi connectivity index (χ4n) is 1.51. The molecule has 1 aliphatic rings. The molecule has 1 aromatic heterocycles. The summed E-state index contributed by atoms with van der Waals surface area (Å²) in [6, 6.07) is 1.88. The molecule has 0 saturated heterocycles. The lowest BCUT2D eigenvalue weighted by atomic mass is 10.2. The number of hydrogen-bond donors (Lipinski definition) is 0. The highest BCUT2D eigenvalue weighted by molar-refractivity contribution is 6.02. The molecule has 0 spiro atoms. The summed E-state index contributed by atoms with van der Waals surface area (Å²) in [5, 5.41) is 0. The van der Waals surface area contributed by atoms with Gasteiger partial charge in [0.05, 0.1) is 12.7 Å². The lowest BCUT2D eigenvalue weighted by Gasteiger charge is -2.02. The lowest BCUT2D eigenvalue weighted by Crippen LogP contribution is -1.98. The van der Waals surface area contributed by atoms with Gasteiger partial charge in [0.1, 0.15) is 0 Å². The topological polar surface area (TPSA) is 39.2 Å². The van der Waals surface area contributed by atoms with Crippen LogP contribution in [-0.4, -0.2) is 17.9 Å². The van der Waals surface area contributed by atoms with Crippen LogP contribution in [-0.2, 0) is 6.42 Å². The molecule has 1 heterocycles. The Bertz CT molecular complexity index is 333. The Hall–Kier alpha value is -1.38. The number of aromatic nitrogens is 1. The molecule has 0 saturated carbocycles. The van der Waals surface area contributed by atoms with Crippen molar-refractivity contribution in [2.24, 2.45) is 0 Å². The number of methoxy groups -OCH3 is 1. The van der Waals surface area contributed by atoms with Gasteiger partial charge in [0, 0.05) is 12.6 Å². The molecular formula is C9H9NO2. The van der Waals surface area contributed by atoms with Crippen LogP contribution >= 0.6 is 0 Å². The molecule has 0 atom stereocenters. The number of hydrogen-bond acceptors (Lipinski definition) is 3. The van der Waals surface area contributed by atoms with E-state index in [-0.39, 0.29) is 5.78 Å². The maximum atomic E-state index is 11.3. The van der Waals surface area contributed by atoms with E-state index in [0.717, 1.165) is 12.0 Å². The van der Waals surface area contributed by atoms with Gasteiger partial charge in [0.25, 0.3) is 0 Å². The minimum Gasteiger partial charge on any atom is -0.480 e. The number of aryl methyl sites for hydroxylation is 1.